The van der Waals surface area contributed by atoms with Gasteiger partial charge in [-0.15, -0.1) is 11.6 Å². The smallest absolute Gasteiger partial charge is 0.241 e. The zero-order valence-electron chi connectivity index (χ0n) is 8.49. The van der Waals surface area contributed by atoms with Crippen molar-refractivity contribution in [3.8, 4) is 5.75 Å². The van der Waals surface area contributed by atoms with Crippen molar-refractivity contribution in [3.05, 3.63) is 18.2 Å². The number of ether oxygens (including phenoxy) is 1. The maximum atomic E-state index is 11.1. The number of hydrogen-bond donors (Lipinski definition) is 1. The van der Waals surface area contributed by atoms with Gasteiger partial charge in [0.25, 0.3) is 0 Å². The largest absolute Gasteiger partial charge is 0.497 e. The second kappa shape index (κ2) is 4.67. The molecule has 0 aliphatic carbocycles. The lowest BCUT2D eigenvalue weighted by Crippen LogP contribution is -2.11. The minimum Gasteiger partial charge on any atom is -0.497 e. The first-order valence-corrected chi connectivity index (χ1v) is 5.88. The van der Waals surface area contributed by atoms with Crippen molar-refractivity contribution >= 4 is 44.2 Å². The molecule has 1 N–H and O–H groups in total. The van der Waals surface area contributed by atoms with Crippen LogP contribution in [-0.4, -0.2) is 23.9 Å². The van der Waals surface area contributed by atoms with Gasteiger partial charge in [0.2, 0.25) is 5.91 Å². The molecule has 0 fully saturated rings. The highest BCUT2D eigenvalue weighted by Crippen LogP contribution is 2.28. The zero-order chi connectivity index (χ0) is 11.5. The van der Waals surface area contributed by atoms with Gasteiger partial charge in [-0.3, -0.25) is 4.79 Å². The number of aromatic nitrogens is 1. The molecule has 0 spiro atoms. The summed E-state index contributed by atoms with van der Waals surface area (Å²) < 4.78 is 6.07. The zero-order valence-corrected chi connectivity index (χ0v) is 10.1. The van der Waals surface area contributed by atoms with Gasteiger partial charge < -0.3 is 10.1 Å². The van der Waals surface area contributed by atoms with Crippen molar-refractivity contribution in [1.29, 1.82) is 0 Å². The van der Waals surface area contributed by atoms with E-state index in [2.05, 4.69) is 10.3 Å². The third-order valence-corrected chi connectivity index (χ3v) is 3.14. The highest BCUT2D eigenvalue weighted by Gasteiger charge is 2.07. The van der Waals surface area contributed by atoms with Gasteiger partial charge in [0.05, 0.1) is 17.3 Å². The summed E-state index contributed by atoms with van der Waals surface area (Å²) in [7, 11) is 1.61. The Hall–Kier alpha value is -1.33. The summed E-state index contributed by atoms with van der Waals surface area (Å²) in [5.41, 5.74) is 0.829. The Bertz CT molecular complexity index is 527. The third kappa shape index (κ3) is 2.25. The van der Waals surface area contributed by atoms with Gasteiger partial charge in [0.15, 0.2) is 5.13 Å². The number of halogens is 1. The van der Waals surface area contributed by atoms with Crippen LogP contribution in [0.3, 0.4) is 0 Å². The fourth-order valence-corrected chi connectivity index (χ4v) is 2.22. The van der Waals surface area contributed by atoms with Crippen LogP contribution in [0.25, 0.3) is 10.2 Å². The van der Waals surface area contributed by atoms with Gasteiger partial charge in [-0.1, -0.05) is 11.3 Å². The second-order valence-corrected chi connectivity index (χ2v) is 4.33. The van der Waals surface area contributed by atoms with Crippen LogP contribution >= 0.6 is 22.9 Å². The summed E-state index contributed by atoms with van der Waals surface area (Å²) in [6, 6.07) is 5.56. The van der Waals surface area contributed by atoms with E-state index in [1.807, 2.05) is 18.2 Å². The Morgan fingerprint density at radius 2 is 2.44 bits per heavy atom. The number of hydrogen-bond acceptors (Lipinski definition) is 4. The number of alkyl halides is 1. The van der Waals surface area contributed by atoms with Crippen molar-refractivity contribution < 1.29 is 9.53 Å². The second-order valence-electron chi connectivity index (χ2n) is 3.03. The van der Waals surface area contributed by atoms with Gasteiger partial charge in [-0.25, -0.2) is 4.98 Å². The van der Waals surface area contributed by atoms with Crippen LogP contribution in [0.2, 0.25) is 0 Å². The minimum absolute atomic E-state index is 0.0702. The SMILES string of the molecule is COc1ccc2nc(NC(=O)CCl)sc2c1. The number of nitrogens with one attached hydrogen (secondary N) is 1. The molecule has 0 aliphatic heterocycles. The number of nitrogens with zero attached hydrogens (tertiary/aromatic N) is 1. The fraction of sp³-hybridized carbons (Fsp3) is 0.200. The van der Waals surface area contributed by atoms with Gasteiger partial charge in [-0.2, -0.15) is 0 Å². The molecule has 0 atom stereocenters. The molecule has 1 amide bonds. The van der Waals surface area contributed by atoms with Gasteiger partial charge in [0.1, 0.15) is 11.6 Å². The molecule has 0 aliphatic rings. The van der Waals surface area contributed by atoms with Crippen molar-refractivity contribution in [3.63, 3.8) is 0 Å². The van der Waals surface area contributed by atoms with Crippen molar-refractivity contribution in [2.24, 2.45) is 0 Å². The summed E-state index contributed by atoms with van der Waals surface area (Å²) in [5, 5.41) is 3.16. The molecule has 1 aromatic carbocycles. The molecule has 84 valence electrons. The molecule has 16 heavy (non-hydrogen) atoms. The van der Waals surface area contributed by atoms with Crippen LogP contribution in [0.1, 0.15) is 0 Å². The summed E-state index contributed by atoms with van der Waals surface area (Å²) in [4.78, 5) is 15.3. The maximum absolute atomic E-state index is 11.1. The fourth-order valence-electron chi connectivity index (χ4n) is 1.24. The lowest BCUT2D eigenvalue weighted by Gasteiger charge is -1.96. The molecule has 0 radical (unpaired) electrons. The Labute approximate surface area is 101 Å². The number of anilines is 1. The Kier molecular flexibility index (Phi) is 3.26. The van der Waals surface area contributed by atoms with Crippen molar-refractivity contribution in [2.75, 3.05) is 18.3 Å². The number of methoxy groups -OCH3 is 1. The molecule has 1 heterocycles. The van der Waals surface area contributed by atoms with Crippen LogP contribution in [0.5, 0.6) is 5.75 Å². The van der Waals surface area contributed by atoms with Crippen LogP contribution in [0, 0.1) is 0 Å². The first kappa shape index (κ1) is 11.2. The minimum atomic E-state index is -0.257. The number of fused-ring (bicyclic) bond motifs is 1. The Balaban J connectivity index is 2.32. The lowest BCUT2D eigenvalue weighted by molar-refractivity contribution is -0.113. The van der Waals surface area contributed by atoms with E-state index in [0.717, 1.165) is 16.0 Å². The molecule has 0 saturated heterocycles. The predicted octanol–water partition coefficient (Wildman–Crippen LogP) is 2.48. The molecular formula is C10H9ClN2O2S. The molecule has 1 aromatic heterocycles. The van der Waals surface area contributed by atoms with E-state index in [1.165, 1.54) is 11.3 Å². The van der Waals surface area contributed by atoms with Crippen LogP contribution in [0.15, 0.2) is 18.2 Å². The molecule has 4 nitrogen and oxygen atoms in total. The third-order valence-electron chi connectivity index (χ3n) is 1.96. The van der Waals surface area contributed by atoms with Gasteiger partial charge in [0, 0.05) is 0 Å². The summed E-state index contributed by atoms with van der Waals surface area (Å²) >= 11 is 6.78. The predicted molar refractivity (Wildman–Crippen MR) is 65.5 cm³/mol. The van der Waals surface area contributed by atoms with E-state index in [1.54, 1.807) is 7.11 Å². The average Bonchev–Trinajstić information content (AvgIpc) is 2.69. The van der Waals surface area contributed by atoms with Crippen molar-refractivity contribution in [1.82, 2.24) is 4.98 Å². The molecule has 2 aromatic rings. The number of rotatable bonds is 3. The first-order valence-electron chi connectivity index (χ1n) is 4.53. The first-order chi connectivity index (χ1) is 7.72. The van der Waals surface area contributed by atoms with E-state index in [-0.39, 0.29) is 11.8 Å². The highest BCUT2D eigenvalue weighted by molar-refractivity contribution is 7.22. The molecule has 6 heteroatoms. The highest BCUT2D eigenvalue weighted by atomic mass is 35.5. The standard InChI is InChI=1S/C10H9ClN2O2S/c1-15-6-2-3-7-8(4-6)16-10(12-7)13-9(14)5-11/h2-4H,5H2,1H3,(H,12,13,14). The Morgan fingerprint density at radius 1 is 1.62 bits per heavy atom. The molecule has 0 saturated carbocycles. The number of carbonyl (C=O) groups excluding carboxylic acids is 1. The van der Waals surface area contributed by atoms with Crippen molar-refractivity contribution in [2.45, 2.75) is 0 Å². The summed E-state index contributed by atoms with van der Waals surface area (Å²) in [6.07, 6.45) is 0. The van der Waals surface area contributed by atoms with E-state index >= 15 is 0 Å². The topological polar surface area (TPSA) is 51.2 Å². The molecule has 0 bridgehead atoms. The van der Waals surface area contributed by atoms with Gasteiger partial charge in [-0.05, 0) is 18.2 Å². The van der Waals surface area contributed by atoms with E-state index in [4.69, 9.17) is 16.3 Å². The maximum Gasteiger partial charge on any atom is 0.241 e. The molecule has 0 unspecified atom stereocenters. The molecule has 2 rings (SSSR count). The normalized spacial score (nSPS) is 10.4. The van der Waals surface area contributed by atoms with Gasteiger partial charge >= 0.3 is 0 Å². The monoisotopic (exact) mass is 256 g/mol. The Morgan fingerprint density at radius 3 is 3.12 bits per heavy atom. The quantitative estimate of drug-likeness (QED) is 0.859. The number of benzene rings is 1. The van der Waals surface area contributed by atoms with Crippen LogP contribution in [0.4, 0.5) is 5.13 Å². The van der Waals surface area contributed by atoms with Crippen LogP contribution in [-0.2, 0) is 4.79 Å². The van der Waals surface area contributed by atoms with E-state index < -0.39 is 0 Å². The number of amides is 1. The van der Waals surface area contributed by atoms with Crippen LogP contribution < -0.4 is 10.1 Å². The summed E-state index contributed by atoms with van der Waals surface area (Å²) in [5.74, 6) is 0.443. The number of thiazole rings is 1. The van der Waals surface area contributed by atoms with E-state index in [9.17, 15) is 4.79 Å². The summed E-state index contributed by atoms with van der Waals surface area (Å²) in [6.45, 7) is 0. The lowest BCUT2D eigenvalue weighted by atomic mass is 10.3. The molecular weight excluding hydrogens is 248 g/mol. The average molecular weight is 257 g/mol. The van der Waals surface area contributed by atoms with E-state index in [0.29, 0.717) is 5.13 Å². The number of carbonyl (C=O) groups is 1.